The third-order valence-corrected chi connectivity index (χ3v) is 1.87. The van der Waals surface area contributed by atoms with Crippen molar-refractivity contribution in [1.29, 1.82) is 0 Å². The molecule has 0 atom stereocenters. The molecule has 5 heteroatoms. The second-order valence-electron chi connectivity index (χ2n) is 3.07. The van der Waals surface area contributed by atoms with Gasteiger partial charge in [0.2, 0.25) is 0 Å². The quantitative estimate of drug-likeness (QED) is 0.616. The summed E-state index contributed by atoms with van der Waals surface area (Å²) in [5.74, 6) is 0. The number of rotatable bonds is 2. The zero-order chi connectivity index (χ0) is 12.5. The summed E-state index contributed by atoms with van der Waals surface area (Å²) in [4.78, 5) is 9.59. The van der Waals surface area contributed by atoms with E-state index in [1.54, 1.807) is 30.3 Å². The number of nitro benzene ring substituents is 1. The molecule has 0 aromatic heterocycles. The van der Waals surface area contributed by atoms with Gasteiger partial charge >= 0.3 is 0 Å². The standard InChI is InChI=1S/C6H5NO2.C6H7NO/c8-7(9)6-4-2-1-3-5-6;8-7-6-4-2-1-3-5-6/h1-5H;1-5,7-8H. The first kappa shape index (κ1) is 12.7. The van der Waals surface area contributed by atoms with Gasteiger partial charge in [-0.25, -0.2) is 0 Å². The van der Waals surface area contributed by atoms with Crippen molar-refractivity contribution in [2.75, 3.05) is 5.48 Å². The summed E-state index contributed by atoms with van der Waals surface area (Å²) >= 11 is 0. The predicted octanol–water partition coefficient (Wildman–Crippen LogP) is 3.08. The van der Waals surface area contributed by atoms with Crippen molar-refractivity contribution in [2.24, 2.45) is 0 Å². The highest BCUT2D eigenvalue weighted by Crippen LogP contribution is 2.06. The molecule has 2 aromatic carbocycles. The lowest BCUT2D eigenvalue weighted by Crippen LogP contribution is -1.85. The van der Waals surface area contributed by atoms with Crippen molar-refractivity contribution in [3.05, 3.63) is 70.8 Å². The molecule has 0 amide bonds. The fourth-order valence-electron chi connectivity index (χ4n) is 1.06. The van der Waals surface area contributed by atoms with Gasteiger partial charge in [0.15, 0.2) is 0 Å². The normalized spacial score (nSPS) is 8.76. The maximum atomic E-state index is 10.0. The molecule has 88 valence electrons. The minimum Gasteiger partial charge on any atom is -0.291 e. The second kappa shape index (κ2) is 6.97. The number of nitrogens with one attached hydrogen (secondary N) is 1. The molecule has 0 fully saturated rings. The van der Waals surface area contributed by atoms with Gasteiger partial charge in [0.1, 0.15) is 0 Å². The van der Waals surface area contributed by atoms with E-state index in [2.05, 4.69) is 0 Å². The number of non-ortho nitro benzene ring substituents is 1. The first-order valence-corrected chi connectivity index (χ1v) is 4.88. The Morgan fingerprint density at radius 3 is 1.71 bits per heavy atom. The highest BCUT2D eigenvalue weighted by molar-refractivity contribution is 5.39. The molecular formula is C12H12N2O3. The van der Waals surface area contributed by atoms with Gasteiger partial charge in [-0.2, -0.15) is 0 Å². The number of nitro groups is 1. The van der Waals surface area contributed by atoms with E-state index < -0.39 is 4.92 Å². The molecular weight excluding hydrogens is 220 g/mol. The van der Waals surface area contributed by atoms with Crippen LogP contribution < -0.4 is 5.48 Å². The third kappa shape index (κ3) is 4.76. The summed E-state index contributed by atoms with van der Waals surface area (Å²) in [5, 5.41) is 18.3. The monoisotopic (exact) mass is 232 g/mol. The van der Waals surface area contributed by atoms with Crippen LogP contribution in [-0.4, -0.2) is 10.1 Å². The predicted molar refractivity (Wildman–Crippen MR) is 64.9 cm³/mol. The molecule has 0 radical (unpaired) electrons. The molecule has 2 aromatic rings. The Hall–Kier alpha value is -2.40. The van der Waals surface area contributed by atoms with Crippen LogP contribution in [0.3, 0.4) is 0 Å². The van der Waals surface area contributed by atoms with E-state index in [1.807, 2.05) is 23.7 Å². The molecule has 2 rings (SSSR count). The Bertz CT molecular complexity index is 446. The maximum Gasteiger partial charge on any atom is 0.269 e. The molecule has 2 N–H and O–H groups in total. The van der Waals surface area contributed by atoms with E-state index in [4.69, 9.17) is 5.21 Å². The van der Waals surface area contributed by atoms with Crippen LogP contribution in [0.2, 0.25) is 0 Å². The number of hydrogen-bond acceptors (Lipinski definition) is 4. The van der Waals surface area contributed by atoms with Gasteiger partial charge in [-0.05, 0) is 12.1 Å². The second-order valence-corrected chi connectivity index (χ2v) is 3.07. The van der Waals surface area contributed by atoms with Gasteiger partial charge in [-0.3, -0.25) is 20.8 Å². The van der Waals surface area contributed by atoms with Crippen molar-refractivity contribution < 1.29 is 10.1 Å². The average molecular weight is 232 g/mol. The van der Waals surface area contributed by atoms with Crippen molar-refractivity contribution in [3.63, 3.8) is 0 Å². The summed E-state index contributed by atoms with van der Waals surface area (Å²) in [6.45, 7) is 0. The number of para-hydroxylation sites is 2. The Morgan fingerprint density at radius 1 is 0.941 bits per heavy atom. The van der Waals surface area contributed by atoms with Crippen LogP contribution in [0, 0.1) is 10.1 Å². The van der Waals surface area contributed by atoms with E-state index in [1.165, 1.54) is 12.1 Å². The van der Waals surface area contributed by atoms with Gasteiger partial charge < -0.3 is 0 Å². The molecule has 0 unspecified atom stereocenters. The zero-order valence-electron chi connectivity index (χ0n) is 8.98. The first-order valence-electron chi connectivity index (χ1n) is 4.88. The van der Waals surface area contributed by atoms with Gasteiger partial charge in [0, 0.05) is 12.1 Å². The van der Waals surface area contributed by atoms with Gasteiger partial charge in [-0.15, -0.1) is 0 Å². The van der Waals surface area contributed by atoms with Crippen LogP contribution in [0.5, 0.6) is 0 Å². The minimum atomic E-state index is -0.417. The van der Waals surface area contributed by atoms with Gasteiger partial charge in [-0.1, -0.05) is 36.4 Å². The summed E-state index contributed by atoms with van der Waals surface area (Å²) in [5.41, 5.74) is 2.88. The number of nitrogens with zero attached hydrogens (tertiary/aromatic N) is 1. The zero-order valence-corrected chi connectivity index (χ0v) is 8.98. The van der Waals surface area contributed by atoms with Crippen LogP contribution in [0.25, 0.3) is 0 Å². The molecule has 0 saturated carbocycles. The summed E-state index contributed by atoms with van der Waals surface area (Å²) in [6, 6.07) is 17.1. The van der Waals surface area contributed by atoms with Gasteiger partial charge in [0.25, 0.3) is 5.69 Å². The molecule has 0 bridgehead atoms. The average Bonchev–Trinajstić information content (AvgIpc) is 2.41. The van der Waals surface area contributed by atoms with Crippen molar-refractivity contribution in [2.45, 2.75) is 0 Å². The maximum absolute atomic E-state index is 10.0. The topological polar surface area (TPSA) is 75.4 Å². The highest BCUT2D eigenvalue weighted by atomic mass is 16.6. The Labute approximate surface area is 98.4 Å². The molecule has 0 aliphatic rings. The fraction of sp³-hybridized carbons (Fsp3) is 0. The fourth-order valence-corrected chi connectivity index (χ4v) is 1.06. The number of benzene rings is 2. The molecule has 0 heterocycles. The van der Waals surface area contributed by atoms with E-state index in [0.29, 0.717) is 5.69 Å². The van der Waals surface area contributed by atoms with Crippen LogP contribution in [-0.2, 0) is 0 Å². The van der Waals surface area contributed by atoms with Crippen LogP contribution in [0.15, 0.2) is 60.7 Å². The van der Waals surface area contributed by atoms with E-state index in [0.717, 1.165) is 0 Å². The smallest absolute Gasteiger partial charge is 0.269 e. The first-order chi connectivity index (χ1) is 8.24. The lowest BCUT2D eigenvalue weighted by Gasteiger charge is -1.92. The largest absolute Gasteiger partial charge is 0.291 e. The minimum absolute atomic E-state index is 0.137. The molecule has 0 saturated heterocycles. The van der Waals surface area contributed by atoms with Gasteiger partial charge in [0.05, 0.1) is 10.6 Å². The molecule has 0 aliphatic carbocycles. The highest BCUT2D eigenvalue weighted by Gasteiger charge is 1.98. The Kier molecular flexibility index (Phi) is 5.19. The van der Waals surface area contributed by atoms with Crippen molar-refractivity contribution in [3.8, 4) is 0 Å². The van der Waals surface area contributed by atoms with E-state index in [9.17, 15) is 10.1 Å². The van der Waals surface area contributed by atoms with E-state index >= 15 is 0 Å². The number of anilines is 1. The summed E-state index contributed by atoms with van der Waals surface area (Å²) < 4.78 is 0. The van der Waals surface area contributed by atoms with Crippen molar-refractivity contribution in [1.82, 2.24) is 0 Å². The van der Waals surface area contributed by atoms with Crippen LogP contribution >= 0.6 is 0 Å². The molecule has 5 nitrogen and oxygen atoms in total. The van der Waals surface area contributed by atoms with Crippen molar-refractivity contribution >= 4 is 11.4 Å². The Morgan fingerprint density at radius 2 is 1.41 bits per heavy atom. The van der Waals surface area contributed by atoms with Crippen LogP contribution in [0.1, 0.15) is 0 Å². The lowest BCUT2D eigenvalue weighted by atomic mass is 10.3. The summed E-state index contributed by atoms with van der Waals surface area (Å²) in [6.07, 6.45) is 0. The Balaban J connectivity index is 0.000000171. The lowest BCUT2D eigenvalue weighted by molar-refractivity contribution is -0.384. The summed E-state index contributed by atoms with van der Waals surface area (Å²) in [7, 11) is 0. The molecule has 0 aliphatic heterocycles. The third-order valence-electron chi connectivity index (χ3n) is 1.87. The number of hydrogen-bond donors (Lipinski definition) is 2. The molecule has 0 spiro atoms. The SMILES string of the molecule is O=[N+]([O-])c1ccccc1.ONc1ccccc1. The van der Waals surface area contributed by atoms with E-state index in [-0.39, 0.29) is 5.69 Å². The molecule has 17 heavy (non-hydrogen) atoms. The van der Waals surface area contributed by atoms with Crippen LogP contribution in [0.4, 0.5) is 11.4 Å².